The first-order valence-electron chi connectivity index (χ1n) is 10.2. The zero-order valence-corrected chi connectivity index (χ0v) is 17.1. The van der Waals surface area contributed by atoms with Crippen molar-refractivity contribution >= 4 is 0 Å². The predicted molar refractivity (Wildman–Crippen MR) is 116 cm³/mol. The summed E-state index contributed by atoms with van der Waals surface area (Å²) in [5.74, 6) is 3.72. The number of para-hydroxylation sites is 1. The normalized spacial score (nSPS) is 12.0. The van der Waals surface area contributed by atoms with Gasteiger partial charge in [0.1, 0.15) is 17.2 Å². The lowest BCUT2D eigenvalue weighted by Crippen LogP contribution is -2.04. The van der Waals surface area contributed by atoms with E-state index >= 15 is 0 Å². The van der Waals surface area contributed by atoms with Gasteiger partial charge in [0.15, 0.2) is 0 Å². The van der Waals surface area contributed by atoms with Crippen LogP contribution in [0.25, 0.3) is 0 Å². The molecule has 1 unspecified atom stereocenters. The van der Waals surface area contributed by atoms with E-state index in [-0.39, 0.29) is 0 Å². The lowest BCUT2D eigenvalue weighted by atomic mass is 9.85. The van der Waals surface area contributed by atoms with E-state index in [2.05, 4.69) is 62.4 Å². The van der Waals surface area contributed by atoms with E-state index < -0.39 is 0 Å². The van der Waals surface area contributed by atoms with Gasteiger partial charge in [-0.25, -0.2) is 0 Å². The van der Waals surface area contributed by atoms with E-state index in [4.69, 9.17) is 9.47 Å². The molecule has 0 amide bonds. The second kappa shape index (κ2) is 9.98. The van der Waals surface area contributed by atoms with E-state index in [9.17, 15) is 0 Å². The molecule has 0 aliphatic heterocycles. The highest BCUT2D eigenvalue weighted by Crippen LogP contribution is 2.33. The lowest BCUT2D eigenvalue weighted by molar-refractivity contribution is 0.340. The quantitative estimate of drug-likeness (QED) is 0.387. The van der Waals surface area contributed by atoms with Crippen molar-refractivity contribution in [1.82, 2.24) is 0 Å². The Labute approximate surface area is 169 Å². The van der Waals surface area contributed by atoms with Crippen molar-refractivity contribution in [2.45, 2.75) is 39.5 Å². The molecule has 0 saturated heterocycles. The third-order valence-corrected chi connectivity index (χ3v) is 4.89. The van der Waals surface area contributed by atoms with Crippen LogP contribution in [0.4, 0.5) is 0 Å². The van der Waals surface area contributed by atoms with Crippen molar-refractivity contribution in [3.63, 3.8) is 0 Å². The van der Waals surface area contributed by atoms with Gasteiger partial charge in [0, 0.05) is 5.92 Å². The summed E-state index contributed by atoms with van der Waals surface area (Å²) in [5, 5.41) is 0. The molecule has 0 aromatic heterocycles. The molecule has 0 fully saturated rings. The molecule has 28 heavy (non-hydrogen) atoms. The Hall–Kier alpha value is -2.74. The van der Waals surface area contributed by atoms with Gasteiger partial charge in [0.2, 0.25) is 0 Å². The Kier molecular flexibility index (Phi) is 7.13. The van der Waals surface area contributed by atoms with Crippen LogP contribution in [0.5, 0.6) is 17.2 Å². The van der Waals surface area contributed by atoms with Crippen molar-refractivity contribution in [3.05, 3.63) is 90.0 Å². The molecule has 2 heteroatoms. The standard InChI is InChI=1S/C26H30O2/c1-4-27-23-15-11-21(12-16-23)26(19-10-20(2)3)22-13-17-25(18-14-22)28-24-8-6-5-7-9-24/h5-9,11-18,20,26H,4,10,19H2,1-3H3. The Morgan fingerprint density at radius 3 is 1.71 bits per heavy atom. The summed E-state index contributed by atoms with van der Waals surface area (Å²) in [6.45, 7) is 7.27. The highest BCUT2D eigenvalue weighted by atomic mass is 16.5. The average molecular weight is 375 g/mol. The second-order valence-corrected chi connectivity index (χ2v) is 7.51. The minimum atomic E-state index is 0.379. The van der Waals surface area contributed by atoms with Gasteiger partial charge in [-0.1, -0.05) is 62.7 Å². The van der Waals surface area contributed by atoms with Crippen LogP contribution in [-0.4, -0.2) is 6.61 Å². The molecule has 146 valence electrons. The molecular formula is C26H30O2. The molecule has 2 nitrogen and oxygen atoms in total. The van der Waals surface area contributed by atoms with E-state index in [0.29, 0.717) is 18.4 Å². The molecule has 3 rings (SSSR count). The lowest BCUT2D eigenvalue weighted by Gasteiger charge is -2.20. The van der Waals surface area contributed by atoms with E-state index in [0.717, 1.165) is 23.7 Å². The first-order valence-corrected chi connectivity index (χ1v) is 10.2. The maximum atomic E-state index is 5.94. The van der Waals surface area contributed by atoms with E-state index in [1.165, 1.54) is 17.5 Å². The molecule has 0 heterocycles. The Morgan fingerprint density at radius 2 is 1.18 bits per heavy atom. The number of ether oxygens (including phenoxy) is 2. The maximum absolute atomic E-state index is 5.94. The third-order valence-electron chi connectivity index (χ3n) is 4.89. The smallest absolute Gasteiger partial charge is 0.127 e. The van der Waals surface area contributed by atoms with Gasteiger partial charge < -0.3 is 9.47 Å². The van der Waals surface area contributed by atoms with Crippen LogP contribution in [0.3, 0.4) is 0 Å². The summed E-state index contributed by atoms with van der Waals surface area (Å²) in [5.41, 5.74) is 2.66. The fraction of sp³-hybridized carbons (Fsp3) is 0.308. The van der Waals surface area contributed by atoms with Crippen molar-refractivity contribution in [2.75, 3.05) is 6.61 Å². The SMILES string of the molecule is CCOc1ccc(C(CCC(C)C)c2ccc(Oc3ccccc3)cc2)cc1. The highest BCUT2D eigenvalue weighted by molar-refractivity contribution is 5.39. The van der Waals surface area contributed by atoms with Gasteiger partial charge in [-0.15, -0.1) is 0 Å². The van der Waals surface area contributed by atoms with Gasteiger partial charge >= 0.3 is 0 Å². The molecule has 0 N–H and O–H groups in total. The van der Waals surface area contributed by atoms with Crippen LogP contribution in [0.2, 0.25) is 0 Å². The Balaban J connectivity index is 1.79. The molecule has 3 aromatic carbocycles. The number of benzene rings is 3. The summed E-state index contributed by atoms with van der Waals surface area (Å²) in [6.07, 6.45) is 2.32. The monoisotopic (exact) mass is 374 g/mol. The zero-order chi connectivity index (χ0) is 19.8. The highest BCUT2D eigenvalue weighted by Gasteiger charge is 2.15. The van der Waals surface area contributed by atoms with Crippen LogP contribution >= 0.6 is 0 Å². The molecule has 0 aliphatic rings. The minimum absolute atomic E-state index is 0.379. The van der Waals surface area contributed by atoms with Crippen LogP contribution < -0.4 is 9.47 Å². The number of hydrogen-bond donors (Lipinski definition) is 0. The van der Waals surface area contributed by atoms with Crippen LogP contribution in [-0.2, 0) is 0 Å². The Bertz CT molecular complexity index is 821. The van der Waals surface area contributed by atoms with E-state index in [1.54, 1.807) is 0 Å². The zero-order valence-electron chi connectivity index (χ0n) is 17.1. The van der Waals surface area contributed by atoms with Crippen molar-refractivity contribution in [2.24, 2.45) is 5.92 Å². The number of rotatable bonds is 9. The van der Waals surface area contributed by atoms with Gasteiger partial charge in [0.25, 0.3) is 0 Å². The maximum Gasteiger partial charge on any atom is 0.127 e. The number of hydrogen-bond acceptors (Lipinski definition) is 2. The Morgan fingerprint density at radius 1 is 0.643 bits per heavy atom. The molecule has 0 spiro atoms. The summed E-state index contributed by atoms with van der Waals surface area (Å²) >= 11 is 0. The summed E-state index contributed by atoms with van der Waals surface area (Å²) < 4.78 is 11.5. The van der Waals surface area contributed by atoms with Gasteiger partial charge in [-0.2, -0.15) is 0 Å². The minimum Gasteiger partial charge on any atom is -0.494 e. The fourth-order valence-electron chi connectivity index (χ4n) is 3.38. The summed E-state index contributed by atoms with van der Waals surface area (Å²) in [7, 11) is 0. The third kappa shape index (κ3) is 5.63. The van der Waals surface area contributed by atoms with Crippen LogP contribution in [0.1, 0.15) is 50.7 Å². The summed E-state index contributed by atoms with van der Waals surface area (Å²) in [6, 6.07) is 27.0. The van der Waals surface area contributed by atoms with Gasteiger partial charge in [0.05, 0.1) is 6.61 Å². The first kappa shape index (κ1) is 20.0. The topological polar surface area (TPSA) is 18.5 Å². The largest absolute Gasteiger partial charge is 0.494 e. The van der Waals surface area contributed by atoms with Gasteiger partial charge in [-0.3, -0.25) is 0 Å². The van der Waals surface area contributed by atoms with Crippen LogP contribution in [0, 0.1) is 5.92 Å². The van der Waals surface area contributed by atoms with Crippen molar-refractivity contribution in [3.8, 4) is 17.2 Å². The average Bonchev–Trinajstić information content (AvgIpc) is 2.71. The van der Waals surface area contributed by atoms with Crippen molar-refractivity contribution in [1.29, 1.82) is 0 Å². The molecule has 0 saturated carbocycles. The van der Waals surface area contributed by atoms with Crippen LogP contribution in [0.15, 0.2) is 78.9 Å². The molecule has 0 bridgehead atoms. The molecule has 3 aromatic rings. The summed E-state index contributed by atoms with van der Waals surface area (Å²) in [4.78, 5) is 0. The molecular weight excluding hydrogens is 344 g/mol. The van der Waals surface area contributed by atoms with E-state index in [1.807, 2.05) is 37.3 Å². The first-order chi connectivity index (χ1) is 13.7. The molecule has 0 aliphatic carbocycles. The van der Waals surface area contributed by atoms with Gasteiger partial charge in [-0.05, 0) is 66.8 Å². The molecule has 0 radical (unpaired) electrons. The predicted octanol–water partition coefficient (Wildman–Crippen LogP) is 7.45. The molecule has 1 atom stereocenters. The van der Waals surface area contributed by atoms with Crippen molar-refractivity contribution < 1.29 is 9.47 Å². The fourth-order valence-corrected chi connectivity index (χ4v) is 3.38. The second-order valence-electron chi connectivity index (χ2n) is 7.51.